The number of carbonyl (C=O) groups excluding carboxylic acids is 1. The molecule has 2 aromatic carbocycles. The van der Waals surface area contributed by atoms with Crippen molar-refractivity contribution >= 4 is 35.3 Å². The van der Waals surface area contributed by atoms with E-state index in [9.17, 15) is 14.7 Å². The molecule has 2 heterocycles. The Bertz CT molecular complexity index is 1230. The minimum absolute atomic E-state index is 0.146. The van der Waals surface area contributed by atoms with E-state index < -0.39 is 12.1 Å². The van der Waals surface area contributed by atoms with Crippen LogP contribution in [0.1, 0.15) is 27.5 Å². The number of rotatable bonds is 8. The second-order valence-corrected chi connectivity index (χ2v) is 9.25. The Hall–Kier alpha value is -3.63. The Morgan fingerprint density at radius 2 is 1.97 bits per heavy atom. The van der Waals surface area contributed by atoms with E-state index in [1.807, 2.05) is 72.8 Å². The molecule has 0 saturated heterocycles. The molecule has 1 aromatic heterocycles. The smallest absolute Gasteiger partial charge is 0.407 e. The summed E-state index contributed by atoms with van der Waals surface area (Å²) in [6.45, 7) is 1.62. The van der Waals surface area contributed by atoms with Crippen molar-refractivity contribution in [3.05, 3.63) is 77.5 Å². The van der Waals surface area contributed by atoms with Crippen LogP contribution >= 0.6 is 11.8 Å². The summed E-state index contributed by atoms with van der Waals surface area (Å²) >= 11 is 1.44. The number of amides is 2. The lowest BCUT2D eigenvalue weighted by Crippen LogP contribution is -2.33. The van der Waals surface area contributed by atoms with Crippen LogP contribution in [0.4, 0.5) is 16.3 Å². The fourth-order valence-electron chi connectivity index (χ4n) is 4.09. The number of thioether (sulfide) groups is 1. The van der Waals surface area contributed by atoms with Gasteiger partial charge in [0.2, 0.25) is 0 Å². The first-order chi connectivity index (χ1) is 17.4. The van der Waals surface area contributed by atoms with Crippen molar-refractivity contribution in [3.63, 3.8) is 0 Å². The second kappa shape index (κ2) is 11.4. The molecular formula is C26H29N5O4S. The number of hydrogen-bond acceptors (Lipinski definition) is 7. The minimum Gasteiger partial charge on any atom is -0.465 e. The third-order valence-corrected chi connectivity index (χ3v) is 6.71. The molecule has 3 aromatic rings. The van der Waals surface area contributed by atoms with Gasteiger partial charge in [0.05, 0.1) is 19.3 Å². The van der Waals surface area contributed by atoms with E-state index in [1.165, 1.54) is 23.7 Å². The summed E-state index contributed by atoms with van der Waals surface area (Å²) in [6.07, 6.45) is 2.48. The quantitative estimate of drug-likeness (QED) is 0.358. The topological polar surface area (TPSA) is 99.1 Å². The lowest BCUT2D eigenvalue weighted by molar-refractivity contribution is 0.0580. The largest absolute Gasteiger partial charge is 0.465 e. The van der Waals surface area contributed by atoms with Gasteiger partial charge in [-0.1, -0.05) is 54.2 Å². The van der Waals surface area contributed by atoms with E-state index in [-0.39, 0.29) is 19.1 Å². The van der Waals surface area contributed by atoms with Gasteiger partial charge in [0.1, 0.15) is 11.4 Å². The Morgan fingerprint density at radius 1 is 1.19 bits per heavy atom. The third kappa shape index (κ3) is 5.60. The van der Waals surface area contributed by atoms with E-state index in [0.29, 0.717) is 29.6 Å². The van der Waals surface area contributed by atoms with E-state index >= 15 is 0 Å². The molecule has 2 amide bonds. The number of ether oxygens (including phenoxy) is 1. The summed E-state index contributed by atoms with van der Waals surface area (Å²) in [4.78, 5) is 38.8. The van der Waals surface area contributed by atoms with Crippen LogP contribution in [0.25, 0.3) is 0 Å². The minimum atomic E-state index is -1.02. The van der Waals surface area contributed by atoms with Crippen molar-refractivity contribution < 1.29 is 19.4 Å². The van der Waals surface area contributed by atoms with Gasteiger partial charge >= 0.3 is 6.09 Å². The first-order valence-electron chi connectivity index (χ1n) is 11.5. The normalized spacial score (nSPS) is 14.2. The van der Waals surface area contributed by atoms with Crippen LogP contribution in [0.15, 0.2) is 66.0 Å². The molecule has 0 spiro atoms. The summed E-state index contributed by atoms with van der Waals surface area (Å²) in [6, 6.07) is 16.6. The van der Waals surface area contributed by atoms with Gasteiger partial charge in [0, 0.05) is 39.1 Å². The number of carbonyl (C=O) groups is 2. The second-order valence-electron chi connectivity index (χ2n) is 8.48. The molecular weight excluding hydrogens is 478 g/mol. The molecule has 10 heteroatoms. The monoisotopic (exact) mass is 507 g/mol. The van der Waals surface area contributed by atoms with Gasteiger partial charge in [-0.2, -0.15) is 0 Å². The summed E-state index contributed by atoms with van der Waals surface area (Å²) in [5.41, 5.74) is 2.98. The molecule has 1 unspecified atom stereocenters. The number of carboxylic acid groups (broad SMARTS) is 1. The maximum Gasteiger partial charge on any atom is 0.407 e. The molecule has 9 nitrogen and oxygen atoms in total. The molecule has 1 N–H and O–H groups in total. The predicted octanol–water partition coefficient (Wildman–Crippen LogP) is 4.16. The van der Waals surface area contributed by atoms with Crippen LogP contribution in [0.5, 0.6) is 0 Å². The Balaban J connectivity index is 1.49. The van der Waals surface area contributed by atoms with Crippen molar-refractivity contribution in [2.24, 2.45) is 0 Å². The highest BCUT2D eigenvalue weighted by atomic mass is 32.2. The van der Waals surface area contributed by atoms with E-state index in [4.69, 9.17) is 4.74 Å². The van der Waals surface area contributed by atoms with Crippen molar-refractivity contribution in [1.29, 1.82) is 0 Å². The number of anilines is 2. The zero-order chi connectivity index (χ0) is 25.7. The number of nitrogens with zero attached hydrogens (tertiary/aromatic N) is 5. The molecule has 0 aliphatic carbocycles. The number of likely N-dealkylation sites (N-methyl/N-ethyl adjacent to an activating group) is 2. The van der Waals surface area contributed by atoms with Crippen molar-refractivity contribution in [2.75, 3.05) is 49.8 Å². The molecule has 188 valence electrons. The standard InChI is InChI=1S/C26H29N5O4S/c1-29-12-13-31(24(32)21-15-27-25(36-3)28-23(21)29)20-11-7-8-18(14-20)16-35-17-22(30(2)26(33)34)19-9-5-4-6-10-19/h4-11,14-15,22H,12-13,16-17H2,1-3H3,(H,33,34). The molecule has 4 rings (SSSR count). The Labute approximate surface area is 214 Å². The molecule has 0 saturated carbocycles. The SMILES string of the molecule is CSc1ncc2c(n1)N(C)CCN(c1cccc(COCC(c3ccccc3)N(C)C(=O)O)c1)C2=O. The average molecular weight is 508 g/mol. The maximum absolute atomic E-state index is 13.4. The van der Waals surface area contributed by atoms with Crippen molar-refractivity contribution in [1.82, 2.24) is 14.9 Å². The fourth-order valence-corrected chi connectivity index (χ4v) is 4.43. The van der Waals surface area contributed by atoms with Crippen LogP contribution in [0.3, 0.4) is 0 Å². The molecule has 0 radical (unpaired) electrons. The number of aromatic nitrogens is 2. The molecule has 36 heavy (non-hydrogen) atoms. The highest BCUT2D eigenvalue weighted by Crippen LogP contribution is 2.28. The van der Waals surface area contributed by atoms with Crippen LogP contribution in [-0.4, -0.2) is 72.0 Å². The van der Waals surface area contributed by atoms with Gasteiger partial charge in [-0.05, 0) is 29.5 Å². The lowest BCUT2D eigenvalue weighted by atomic mass is 10.1. The Kier molecular flexibility index (Phi) is 8.07. The number of benzene rings is 2. The average Bonchev–Trinajstić information content (AvgIpc) is 3.02. The van der Waals surface area contributed by atoms with Crippen LogP contribution < -0.4 is 9.80 Å². The van der Waals surface area contributed by atoms with Gasteiger partial charge < -0.3 is 24.5 Å². The van der Waals surface area contributed by atoms with Gasteiger partial charge in [-0.15, -0.1) is 0 Å². The van der Waals surface area contributed by atoms with Crippen LogP contribution in [0.2, 0.25) is 0 Å². The highest BCUT2D eigenvalue weighted by Gasteiger charge is 2.28. The van der Waals surface area contributed by atoms with Crippen LogP contribution in [0, 0.1) is 0 Å². The van der Waals surface area contributed by atoms with Crippen molar-refractivity contribution in [2.45, 2.75) is 17.8 Å². The zero-order valence-electron chi connectivity index (χ0n) is 20.5. The summed E-state index contributed by atoms with van der Waals surface area (Å²) < 4.78 is 5.96. The van der Waals surface area contributed by atoms with E-state index in [1.54, 1.807) is 11.1 Å². The highest BCUT2D eigenvalue weighted by molar-refractivity contribution is 7.98. The third-order valence-electron chi connectivity index (χ3n) is 6.15. The van der Waals surface area contributed by atoms with Gasteiger partial charge in [-0.25, -0.2) is 14.8 Å². The molecule has 0 fully saturated rings. The molecule has 1 aliphatic rings. The molecule has 0 bridgehead atoms. The number of fused-ring (bicyclic) bond motifs is 1. The summed E-state index contributed by atoms with van der Waals surface area (Å²) in [7, 11) is 3.46. The van der Waals surface area contributed by atoms with E-state index in [0.717, 1.165) is 16.8 Å². The van der Waals surface area contributed by atoms with Gasteiger partial charge in [-0.3, -0.25) is 4.79 Å². The van der Waals surface area contributed by atoms with Crippen molar-refractivity contribution in [3.8, 4) is 0 Å². The van der Waals surface area contributed by atoms with Gasteiger partial charge in [0.15, 0.2) is 5.16 Å². The maximum atomic E-state index is 13.4. The van der Waals surface area contributed by atoms with Crippen LogP contribution in [-0.2, 0) is 11.3 Å². The van der Waals surface area contributed by atoms with E-state index in [2.05, 4.69) is 9.97 Å². The summed E-state index contributed by atoms with van der Waals surface area (Å²) in [5.74, 6) is 0.489. The first kappa shape index (κ1) is 25.5. The Morgan fingerprint density at radius 3 is 2.69 bits per heavy atom. The fraction of sp³-hybridized carbons (Fsp3) is 0.308. The summed E-state index contributed by atoms with van der Waals surface area (Å²) in [5, 5.41) is 10.1. The molecule has 1 aliphatic heterocycles. The zero-order valence-corrected chi connectivity index (χ0v) is 21.3. The first-order valence-corrected chi connectivity index (χ1v) is 12.7. The lowest BCUT2D eigenvalue weighted by Gasteiger charge is -2.26. The number of hydrogen-bond donors (Lipinski definition) is 1. The van der Waals surface area contributed by atoms with Gasteiger partial charge in [0.25, 0.3) is 5.91 Å². The predicted molar refractivity (Wildman–Crippen MR) is 140 cm³/mol. The molecule has 1 atom stereocenters.